The second kappa shape index (κ2) is 6.22. The van der Waals surface area contributed by atoms with Crippen molar-refractivity contribution < 1.29 is 9.32 Å². The molecule has 2 aromatic rings. The van der Waals surface area contributed by atoms with Crippen molar-refractivity contribution in [1.82, 2.24) is 10.1 Å². The fourth-order valence-electron chi connectivity index (χ4n) is 2.86. The Hall–Kier alpha value is -2.30. The van der Waals surface area contributed by atoms with Crippen molar-refractivity contribution in [2.24, 2.45) is 0 Å². The van der Waals surface area contributed by atoms with Crippen LogP contribution in [0, 0.1) is 6.92 Å². The average Bonchev–Trinajstić information content (AvgIpc) is 3.16. The van der Waals surface area contributed by atoms with Crippen molar-refractivity contribution in [2.45, 2.75) is 39.2 Å². The lowest BCUT2D eigenvalue weighted by atomic mass is 10.1. The first-order valence-corrected chi connectivity index (χ1v) is 7.77. The van der Waals surface area contributed by atoms with Crippen molar-refractivity contribution in [1.29, 1.82) is 0 Å². The van der Waals surface area contributed by atoms with Gasteiger partial charge in [-0.2, -0.15) is 0 Å². The van der Waals surface area contributed by atoms with Crippen LogP contribution in [0.25, 0.3) is 0 Å². The van der Waals surface area contributed by atoms with Gasteiger partial charge in [-0.05, 0) is 43.9 Å². The molecule has 116 valence electrons. The number of rotatable bonds is 3. The third kappa shape index (κ3) is 2.98. The van der Waals surface area contributed by atoms with Crippen molar-refractivity contribution in [3.05, 3.63) is 47.3 Å². The predicted molar refractivity (Wildman–Crippen MR) is 84.8 cm³/mol. The van der Waals surface area contributed by atoms with Crippen LogP contribution in [0.1, 0.15) is 42.8 Å². The van der Waals surface area contributed by atoms with E-state index in [4.69, 9.17) is 4.52 Å². The second-order valence-electron chi connectivity index (χ2n) is 5.70. The predicted octanol–water partition coefficient (Wildman–Crippen LogP) is 3.91. The summed E-state index contributed by atoms with van der Waals surface area (Å²) in [6.45, 7) is 4.74. The van der Waals surface area contributed by atoms with Crippen LogP contribution in [-0.2, 0) is 6.42 Å². The minimum Gasteiger partial charge on any atom is -0.359 e. The lowest BCUT2D eigenvalue weighted by molar-refractivity contribution is 0.195. The largest absolute Gasteiger partial charge is 0.359 e. The van der Waals surface area contributed by atoms with E-state index in [-0.39, 0.29) is 12.1 Å². The molecule has 0 radical (unpaired) electrons. The summed E-state index contributed by atoms with van der Waals surface area (Å²) in [6, 6.07) is 9.78. The lowest BCUT2D eigenvalue weighted by Gasteiger charge is -2.23. The van der Waals surface area contributed by atoms with Crippen LogP contribution in [-0.4, -0.2) is 22.6 Å². The number of benzene rings is 1. The maximum absolute atomic E-state index is 12.5. The molecule has 1 aromatic carbocycles. The third-order valence-electron chi connectivity index (χ3n) is 4.10. The molecule has 1 aromatic heterocycles. The van der Waals surface area contributed by atoms with E-state index in [0.29, 0.717) is 0 Å². The molecule has 0 bridgehead atoms. The van der Waals surface area contributed by atoms with Gasteiger partial charge in [0, 0.05) is 18.3 Å². The summed E-state index contributed by atoms with van der Waals surface area (Å²) in [6.07, 6.45) is 2.89. The summed E-state index contributed by atoms with van der Waals surface area (Å²) in [4.78, 5) is 14.3. The molecule has 0 aliphatic carbocycles. The fourth-order valence-corrected chi connectivity index (χ4v) is 2.86. The minimum atomic E-state index is -0.0826. The second-order valence-corrected chi connectivity index (χ2v) is 5.70. The highest BCUT2D eigenvalue weighted by atomic mass is 16.5. The van der Waals surface area contributed by atoms with Crippen LogP contribution < -0.4 is 5.32 Å². The summed E-state index contributed by atoms with van der Waals surface area (Å²) in [5, 5.41) is 6.89. The number of likely N-dealkylation sites (tertiary alicyclic amines) is 1. The highest BCUT2D eigenvalue weighted by molar-refractivity contribution is 5.89. The number of nitrogens with one attached hydrogen (secondary N) is 1. The van der Waals surface area contributed by atoms with Gasteiger partial charge < -0.3 is 14.7 Å². The number of nitrogens with zero attached hydrogens (tertiary/aromatic N) is 2. The Labute approximate surface area is 130 Å². The van der Waals surface area contributed by atoms with E-state index in [1.165, 1.54) is 5.56 Å². The number of carbonyl (C=O) groups is 1. The number of anilines is 1. The highest BCUT2D eigenvalue weighted by Gasteiger charge is 2.32. The van der Waals surface area contributed by atoms with Crippen LogP contribution in [0.5, 0.6) is 0 Å². The Bertz CT molecular complexity index is 648. The molecule has 5 heteroatoms. The fraction of sp³-hybridized carbons (Fsp3) is 0.412. The normalized spacial score (nSPS) is 17.7. The number of urea groups is 1. The molecule has 3 rings (SSSR count). The number of hydrogen-bond donors (Lipinski definition) is 1. The van der Waals surface area contributed by atoms with Gasteiger partial charge >= 0.3 is 6.03 Å². The molecule has 1 aliphatic rings. The topological polar surface area (TPSA) is 58.4 Å². The molecule has 1 saturated heterocycles. The molecule has 1 aliphatic heterocycles. The van der Waals surface area contributed by atoms with Crippen molar-refractivity contribution in [3.8, 4) is 0 Å². The van der Waals surface area contributed by atoms with Crippen LogP contribution in [0.15, 0.2) is 34.9 Å². The summed E-state index contributed by atoms with van der Waals surface area (Å²) >= 11 is 0. The summed E-state index contributed by atoms with van der Waals surface area (Å²) in [7, 11) is 0. The minimum absolute atomic E-state index is 0.0175. The van der Waals surface area contributed by atoms with Crippen LogP contribution in [0.4, 0.5) is 10.5 Å². The van der Waals surface area contributed by atoms with Gasteiger partial charge in [0.05, 0.1) is 11.7 Å². The highest BCUT2D eigenvalue weighted by Crippen LogP contribution is 2.32. The number of amides is 2. The van der Waals surface area contributed by atoms with Crippen LogP contribution >= 0.6 is 0 Å². The summed E-state index contributed by atoms with van der Waals surface area (Å²) < 4.78 is 5.34. The lowest BCUT2D eigenvalue weighted by Crippen LogP contribution is -2.34. The molecule has 0 saturated carbocycles. The monoisotopic (exact) mass is 299 g/mol. The summed E-state index contributed by atoms with van der Waals surface area (Å²) in [5.74, 6) is 0.770. The number of hydrogen-bond acceptors (Lipinski definition) is 3. The Morgan fingerprint density at radius 1 is 1.41 bits per heavy atom. The Morgan fingerprint density at radius 2 is 2.18 bits per heavy atom. The molecule has 2 heterocycles. The van der Waals surface area contributed by atoms with Gasteiger partial charge in [0.1, 0.15) is 0 Å². The Kier molecular flexibility index (Phi) is 4.13. The standard InChI is InChI=1S/C17H21N3O2/c1-3-13-6-8-14(9-7-13)18-17(21)20-10-4-5-15(20)16-11-12(2)19-22-16/h6-9,11,15H,3-5,10H2,1-2H3,(H,18,21)/t15-/m1/s1. The Morgan fingerprint density at radius 3 is 2.82 bits per heavy atom. The van der Waals surface area contributed by atoms with Gasteiger partial charge in [-0.1, -0.05) is 24.2 Å². The van der Waals surface area contributed by atoms with E-state index in [9.17, 15) is 4.79 Å². The zero-order valence-electron chi connectivity index (χ0n) is 13.0. The zero-order chi connectivity index (χ0) is 15.5. The first-order valence-electron chi connectivity index (χ1n) is 7.77. The molecule has 1 fully saturated rings. The smallest absolute Gasteiger partial charge is 0.322 e. The molecule has 0 spiro atoms. The van der Waals surface area contributed by atoms with Crippen LogP contribution in [0.3, 0.4) is 0 Å². The molecule has 5 nitrogen and oxygen atoms in total. The van der Waals surface area contributed by atoms with E-state index >= 15 is 0 Å². The number of carbonyl (C=O) groups excluding carboxylic acids is 1. The maximum atomic E-state index is 12.5. The van der Waals surface area contributed by atoms with Gasteiger partial charge in [0.2, 0.25) is 0 Å². The van der Waals surface area contributed by atoms with Gasteiger partial charge in [-0.3, -0.25) is 0 Å². The Balaban J connectivity index is 1.70. The molecular formula is C17H21N3O2. The zero-order valence-corrected chi connectivity index (χ0v) is 13.0. The molecule has 0 unspecified atom stereocenters. The first-order chi connectivity index (χ1) is 10.7. The molecule has 1 atom stereocenters. The van der Waals surface area contributed by atoms with E-state index < -0.39 is 0 Å². The quantitative estimate of drug-likeness (QED) is 0.934. The van der Waals surface area contributed by atoms with Gasteiger partial charge in [0.25, 0.3) is 0 Å². The summed E-state index contributed by atoms with van der Waals surface area (Å²) in [5.41, 5.74) is 2.92. The van der Waals surface area contributed by atoms with E-state index in [1.807, 2.05) is 42.2 Å². The van der Waals surface area contributed by atoms with Gasteiger partial charge in [-0.15, -0.1) is 0 Å². The van der Waals surface area contributed by atoms with Crippen LogP contribution in [0.2, 0.25) is 0 Å². The number of aryl methyl sites for hydroxylation is 2. The molecule has 22 heavy (non-hydrogen) atoms. The van der Waals surface area contributed by atoms with Gasteiger partial charge in [0.15, 0.2) is 5.76 Å². The first kappa shape index (κ1) is 14.6. The SMILES string of the molecule is CCc1ccc(NC(=O)N2CCC[C@@H]2c2cc(C)no2)cc1. The van der Waals surface area contributed by atoms with Crippen molar-refractivity contribution in [2.75, 3.05) is 11.9 Å². The maximum Gasteiger partial charge on any atom is 0.322 e. The molecule has 2 amide bonds. The molecular weight excluding hydrogens is 278 g/mol. The third-order valence-corrected chi connectivity index (χ3v) is 4.10. The van der Waals surface area contributed by atoms with E-state index in [1.54, 1.807) is 0 Å². The van der Waals surface area contributed by atoms with Crippen molar-refractivity contribution in [3.63, 3.8) is 0 Å². The van der Waals surface area contributed by atoms with E-state index in [0.717, 1.165) is 42.9 Å². The van der Waals surface area contributed by atoms with Crippen molar-refractivity contribution >= 4 is 11.7 Å². The van der Waals surface area contributed by atoms with Gasteiger partial charge in [-0.25, -0.2) is 4.79 Å². The number of aromatic nitrogens is 1. The molecule has 1 N–H and O–H groups in total. The van der Waals surface area contributed by atoms with E-state index in [2.05, 4.69) is 17.4 Å². The average molecular weight is 299 g/mol.